The lowest BCUT2D eigenvalue weighted by molar-refractivity contribution is -0.139. The van der Waals surface area contributed by atoms with Gasteiger partial charge in [-0.15, -0.1) is 0 Å². The van der Waals surface area contributed by atoms with Crippen LogP contribution in [0.15, 0.2) is 24.3 Å². The standard InChI is InChI=1S/C19H25NO6S/c1-25-17-8-4-5-14(11-17)19(22)26-12-18(21)20(15-6-2-3-7-15)16-9-10-27(23,24)13-16/h4-5,8,11,15-16H,2-3,6-7,9-10,12-13H2,1H3/t16-/m0/s1. The highest BCUT2D eigenvalue weighted by Gasteiger charge is 2.39. The number of sulfone groups is 1. The zero-order valence-electron chi connectivity index (χ0n) is 15.4. The van der Waals surface area contributed by atoms with Crippen LogP contribution in [0.3, 0.4) is 0 Å². The Kier molecular flexibility index (Phi) is 6.04. The molecule has 0 aromatic heterocycles. The predicted molar refractivity (Wildman–Crippen MR) is 99.4 cm³/mol. The first-order valence-electron chi connectivity index (χ1n) is 9.22. The number of methoxy groups -OCH3 is 1. The van der Waals surface area contributed by atoms with Gasteiger partial charge in [-0.25, -0.2) is 13.2 Å². The van der Waals surface area contributed by atoms with E-state index in [1.165, 1.54) is 7.11 Å². The Labute approximate surface area is 159 Å². The van der Waals surface area contributed by atoms with E-state index in [0.717, 1.165) is 25.7 Å². The Morgan fingerprint density at radius 1 is 1.15 bits per heavy atom. The molecule has 1 aliphatic carbocycles. The van der Waals surface area contributed by atoms with Gasteiger partial charge in [0.1, 0.15) is 5.75 Å². The van der Waals surface area contributed by atoms with E-state index in [-0.39, 0.29) is 36.1 Å². The Hall–Kier alpha value is -2.09. The zero-order chi connectivity index (χ0) is 19.4. The summed E-state index contributed by atoms with van der Waals surface area (Å²) in [6, 6.07) is 6.24. The van der Waals surface area contributed by atoms with Gasteiger partial charge in [-0.05, 0) is 37.5 Å². The summed E-state index contributed by atoms with van der Waals surface area (Å²) in [5.74, 6) is -0.288. The van der Waals surface area contributed by atoms with Gasteiger partial charge in [0.25, 0.3) is 5.91 Å². The summed E-state index contributed by atoms with van der Waals surface area (Å²) in [7, 11) is -1.60. The number of nitrogens with zero attached hydrogens (tertiary/aromatic N) is 1. The summed E-state index contributed by atoms with van der Waals surface area (Å²) < 4.78 is 34.0. The number of hydrogen-bond donors (Lipinski definition) is 0. The van der Waals surface area contributed by atoms with Crippen molar-refractivity contribution in [2.45, 2.75) is 44.2 Å². The fraction of sp³-hybridized carbons (Fsp3) is 0.579. The molecule has 0 radical (unpaired) electrons. The highest BCUT2D eigenvalue weighted by Crippen LogP contribution is 2.29. The van der Waals surface area contributed by atoms with Crippen molar-refractivity contribution in [3.05, 3.63) is 29.8 Å². The van der Waals surface area contributed by atoms with Crippen LogP contribution in [0.2, 0.25) is 0 Å². The Balaban J connectivity index is 1.66. The maximum Gasteiger partial charge on any atom is 0.338 e. The molecule has 7 nitrogen and oxygen atoms in total. The molecule has 1 aromatic carbocycles. The highest BCUT2D eigenvalue weighted by molar-refractivity contribution is 7.91. The molecule has 148 valence electrons. The monoisotopic (exact) mass is 395 g/mol. The van der Waals surface area contributed by atoms with Gasteiger partial charge in [0, 0.05) is 12.1 Å². The normalized spacial score (nSPS) is 21.7. The topological polar surface area (TPSA) is 90.0 Å². The second kappa shape index (κ2) is 8.29. The summed E-state index contributed by atoms with van der Waals surface area (Å²) in [5, 5.41) is 0. The maximum absolute atomic E-state index is 12.8. The van der Waals surface area contributed by atoms with Crippen LogP contribution in [0.4, 0.5) is 0 Å². The van der Waals surface area contributed by atoms with Crippen molar-refractivity contribution in [3.63, 3.8) is 0 Å². The van der Waals surface area contributed by atoms with Gasteiger partial charge in [-0.3, -0.25) is 4.79 Å². The van der Waals surface area contributed by atoms with Gasteiger partial charge in [-0.1, -0.05) is 18.9 Å². The van der Waals surface area contributed by atoms with Gasteiger partial charge in [0.05, 0.1) is 24.2 Å². The van der Waals surface area contributed by atoms with E-state index in [1.807, 2.05) is 0 Å². The molecule has 1 aromatic rings. The number of esters is 1. The molecule has 1 atom stereocenters. The van der Waals surface area contributed by atoms with Crippen LogP contribution < -0.4 is 4.74 Å². The van der Waals surface area contributed by atoms with Crippen LogP contribution >= 0.6 is 0 Å². The molecule has 0 bridgehead atoms. The summed E-state index contributed by atoms with van der Waals surface area (Å²) in [5.41, 5.74) is 0.304. The van der Waals surface area contributed by atoms with E-state index in [9.17, 15) is 18.0 Å². The minimum atomic E-state index is -3.10. The second-order valence-corrected chi connectivity index (χ2v) is 9.33. The third-order valence-corrected chi connectivity index (χ3v) is 6.99. The van der Waals surface area contributed by atoms with Crippen molar-refractivity contribution < 1.29 is 27.5 Å². The molecule has 1 saturated heterocycles. The highest BCUT2D eigenvalue weighted by atomic mass is 32.2. The molecule has 2 fully saturated rings. The summed E-state index contributed by atoms with van der Waals surface area (Å²) in [6.45, 7) is -0.386. The molecule has 3 rings (SSSR count). The summed E-state index contributed by atoms with van der Waals surface area (Å²) in [6.07, 6.45) is 4.24. The molecule has 0 unspecified atom stereocenters. The number of rotatable bonds is 6. The van der Waals surface area contributed by atoms with Crippen LogP contribution in [0.5, 0.6) is 5.75 Å². The first-order chi connectivity index (χ1) is 12.9. The molecule has 2 aliphatic rings. The van der Waals surface area contributed by atoms with E-state index in [2.05, 4.69) is 0 Å². The van der Waals surface area contributed by atoms with Crippen LogP contribution in [0.25, 0.3) is 0 Å². The lowest BCUT2D eigenvalue weighted by Gasteiger charge is -2.33. The molecule has 0 spiro atoms. The van der Waals surface area contributed by atoms with Crippen molar-refractivity contribution >= 4 is 21.7 Å². The fourth-order valence-electron chi connectivity index (χ4n) is 3.92. The average molecular weight is 395 g/mol. The van der Waals surface area contributed by atoms with Crippen LogP contribution in [-0.2, 0) is 19.4 Å². The molecular weight excluding hydrogens is 370 g/mol. The van der Waals surface area contributed by atoms with Crippen molar-refractivity contribution in [2.75, 3.05) is 25.2 Å². The van der Waals surface area contributed by atoms with E-state index in [1.54, 1.807) is 29.2 Å². The van der Waals surface area contributed by atoms with Gasteiger partial charge in [0.15, 0.2) is 16.4 Å². The fourth-order valence-corrected chi connectivity index (χ4v) is 5.63. The molecule has 1 heterocycles. The number of hydrogen-bond acceptors (Lipinski definition) is 6. The van der Waals surface area contributed by atoms with Gasteiger partial charge >= 0.3 is 5.97 Å². The lowest BCUT2D eigenvalue weighted by Crippen LogP contribution is -2.48. The molecule has 27 heavy (non-hydrogen) atoms. The third-order valence-electron chi connectivity index (χ3n) is 5.24. The molecule has 1 saturated carbocycles. The first kappa shape index (κ1) is 19.7. The molecule has 8 heteroatoms. The number of ether oxygens (including phenoxy) is 2. The minimum absolute atomic E-state index is 0.000922. The zero-order valence-corrected chi connectivity index (χ0v) is 16.2. The maximum atomic E-state index is 12.8. The number of benzene rings is 1. The van der Waals surface area contributed by atoms with Crippen LogP contribution in [0.1, 0.15) is 42.5 Å². The van der Waals surface area contributed by atoms with Crippen LogP contribution in [0, 0.1) is 0 Å². The first-order valence-corrected chi connectivity index (χ1v) is 11.0. The second-order valence-electron chi connectivity index (χ2n) is 7.10. The summed E-state index contributed by atoms with van der Waals surface area (Å²) in [4.78, 5) is 26.7. The van der Waals surface area contributed by atoms with E-state index >= 15 is 0 Å². The molecule has 1 amide bonds. The van der Waals surface area contributed by atoms with Gasteiger partial charge in [0.2, 0.25) is 0 Å². The van der Waals surface area contributed by atoms with Gasteiger partial charge in [-0.2, -0.15) is 0 Å². The largest absolute Gasteiger partial charge is 0.497 e. The molecular formula is C19H25NO6S. The van der Waals surface area contributed by atoms with E-state index in [0.29, 0.717) is 17.7 Å². The van der Waals surface area contributed by atoms with E-state index < -0.39 is 15.8 Å². The van der Waals surface area contributed by atoms with Crippen molar-refractivity contribution in [1.29, 1.82) is 0 Å². The smallest absolute Gasteiger partial charge is 0.338 e. The number of amides is 1. The van der Waals surface area contributed by atoms with Crippen molar-refractivity contribution in [2.24, 2.45) is 0 Å². The summed E-state index contributed by atoms with van der Waals surface area (Å²) >= 11 is 0. The van der Waals surface area contributed by atoms with Crippen molar-refractivity contribution in [1.82, 2.24) is 4.90 Å². The molecule has 1 aliphatic heterocycles. The lowest BCUT2D eigenvalue weighted by atomic mass is 10.1. The Bertz CT molecular complexity index is 800. The number of carbonyl (C=O) groups excluding carboxylic acids is 2. The SMILES string of the molecule is COc1cccc(C(=O)OCC(=O)N(C2CCCC2)[C@H]2CCS(=O)(=O)C2)c1. The molecule has 0 N–H and O–H groups in total. The Morgan fingerprint density at radius 3 is 2.52 bits per heavy atom. The minimum Gasteiger partial charge on any atom is -0.497 e. The van der Waals surface area contributed by atoms with Crippen LogP contribution in [-0.4, -0.2) is 62.5 Å². The quantitative estimate of drug-likeness (QED) is 0.683. The number of carbonyl (C=O) groups is 2. The third kappa shape index (κ3) is 4.80. The van der Waals surface area contributed by atoms with E-state index in [4.69, 9.17) is 9.47 Å². The average Bonchev–Trinajstić information content (AvgIpc) is 3.30. The Morgan fingerprint density at radius 2 is 1.89 bits per heavy atom. The van der Waals surface area contributed by atoms with Crippen molar-refractivity contribution in [3.8, 4) is 5.75 Å². The van der Waals surface area contributed by atoms with Gasteiger partial charge < -0.3 is 14.4 Å². The predicted octanol–water partition coefficient (Wildman–Crippen LogP) is 1.81.